The standard InChI is InChI=1S/C52H36O4/c1-50(35-17-3-2-4-18-35)55-48(51(53)40-27-23-31-13-5-9-19-36(31)44(40)45-37-20-10-6-14-32(37)24-28-41(45)51)49(56-50)52(54)42-29-25-33-15-7-11-21-38(33)46(42)47-39-22-12-8-16-34(39)26-30-43(47)52/h2-30,48-49,53-54H,1H3/t48-,49-/m1/s1. The first-order valence-corrected chi connectivity index (χ1v) is 19.4. The predicted octanol–water partition coefficient (Wildman–Crippen LogP) is 11.1. The summed E-state index contributed by atoms with van der Waals surface area (Å²) in [4.78, 5) is 0. The number of benzene rings is 9. The summed E-state index contributed by atoms with van der Waals surface area (Å²) in [7, 11) is 0. The van der Waals surface area contributed by atoms with E-state index in [4.69, 9.17) is 9.47 Å². The molecule has 0 amide bonds. The predicted molar refractivity (Wildman–Crippen MR) is 223 cm³/mol. The third kappa shape index (κ3) is 4.01. The minimum atomic E-state index is -1.73. The van der Waals surface area contributed by atoms with E-state index in [1.54, 1.807) is 0 Å². The second kappa shape index (κ2) is 11.2. The van der Waals surface area contributed by atoms with Crippen molar-refractivity contribution in [3.05, 3.63) is 204 Å². The molecule has 0 aromatic heterocycles. The molecule has 0 unspecified atom stereocenters. The number of aliphatic hydroxyl groups is 2. The van der Waals surface area contributed by atoms with Crippen molar-refractivity contribution in [3.8, 4) is 22.3 Å². The lowest BCUT2D eigenvalue weighted by atomic mass is 9.74. The lowest BCUT2D eigenvalue weighted by Gasteiger charge is -2.40. The summed E-state index contributed by atoms with van der Waals surface area (Å²) in [6.45, 7) is 1.91. The van der Waals surface area contributed by atoms with Gasteiger partial charge in [0.1, 0.15) is 23.4 Å². The Hall–Kier alpha value is -6.14. The van der Waals surface area contributed by atoms with Crippen molar-refractivity contribution in [2.45, 2.75) is 36.1 Å². The molecule has 1 fully saturated rings. The molecule has 0 bridgehead atoms. The van der Waals surface area contributed by atoms with Gasteiger partial charge >= 0.3 is 0 Å². The van der Waals surface area contributed by atoms with Gasteiger partial charge in [-0.15, -0.1) is 0 Å². The van der Waals surface area contributed by atoms with Crippen LogP contribution >= 0.6 is 0 Å². The van der Waals surface area contributed by atoms with Crippen LogP contribution in [0.3, 0.4) is 0 Å². The molecule has 0 saturated carbocycles. The molecular weight excluding hydrogens is 689 g/mol. The first-order valence-electron chi connectivity index (χ1n) is 19.4. The average molecular weight is 725 g/mol. The lowest BCUT2D eigenvalue weighted by Crippen LogP contribution is -2.53. The molecule has 4 nitrogen and oxygen atoms in total. The zero-order valence-electron chi connectivity index (χ0n) is 30.6. The SMILES string of the molecule is CC1(c2ccccc2)O[C@@H](C2(O)c3ccc4ccccc4c3-c3c2ccc2ccccc32)[C@H](C2(O)c3ccc4ccccc4c3-c3c2ccc2ccccc32)O1. The Balaban J connectivity index is 1.19. The van der Waals surface area contributed by atoms with Crippen molar-refractivity contribution in [3.63, 3.8) is 0 Å². The normalized spacial score (nSPS) is 19.6. The fraction of sp³-hybridized carbons (Fsp3) is 0.115. The van der Waals surface area contributed by atoms with Crippen LogP contribution in [0.25, 0.3) is 65.3 Å². The van der Waals surface area contributed by atoms with Crippen LogP contribution in [0.5, 0.6) is 0 Å². The average Bonchev–Trinajstić information content (AvgIpc) is 3.86. The van der Waals surface area contributed by atoms with Gasteiger partial charge in [0.2, 0.25) is 0 Å². The van der Waals surface area contributed by atoms with Crippen molar-refractivity contribution in [2.75, 3.05) is 0 Å². The molecule has 0 radical (unpaired) electrons. The maximum atomic E-state index is 14.1. The summed E-state index contributed by atoms with van der Waals surface area (Å²) in [6, 6.07) is 59.8. The highest BCUT2D eigenvalue weighted by Gasteiger charge is 2.66. The third-order valence-corrected chi connectivity index (χ3v) is 13.0. The van der Waals surface area contributed by atoms with Gasteiger partial charge in [-0.1, -0.05) is 176 Å². The Morgan fingerprint density at radius 2 is 0.643 bits per heavy atom. The van der Waals surface area contributed by atoms with Crippen LogP contribution < -0.4 is 0 Å². The molecule has 9 aromatic rings. The Kier molecular flexibility index (Phi) is 6.44. The van der Waals surface area contributed by atoms with Crippen molar-refractivity contribution in [1.29, 1.82) is 0 Å². The van der Waals surface area contributed by atoms with Gasteiger partial charge in [-0.2, -0.15) is 0 Å². The van der Waals surface area contributed by atoms with E-state index < -0.39 is 29.2 Å². The lowest BCUT2D eigenvalue weighted by molar-refractivity contribution is -0.192. The van der Waals surface area contributed by atoms with Gasteiger partial charge in [0.15, 0.2) is 5.79 Å². The number of hydrogen-bond acceptors (Lipinski definition) is 4. The molecule has 3 aliphatic rings. The molecular formula is C52H36O4. The highest BCUT2D eigenvalue weighted by molar-refractivity contribution is 6.12. The summed E-state index contributed by atoms with van der Waals surface area (Å²) in [5, 5.41) is 36.7. The van der Waals surface area contributed by atoms with E-state index in [0.717, 1.165) is 93.2 Å². The Morgan fingerprint density at radius 1 is 0.357 bits per heavy atom. The van der Waals surface area contributed by atoms with Crippen molar-refractivity contribution in [1.82, 2.24) is 0 Å². The summed E-state index contributed by atoms with van der Waals surface area (Å²) in [6.07, 6.45) is -2.14. The number of ether oxygens (including phenoxy) is 2. The summed E-state index contributed by atoms with van der Waals surface area (Å²) >= 11 is 0. The molecule has 1 aliphatic heterocycles. The van der Waals surface area contributed by atoms with E-state index >= 15 is 0 Å². The maximum Gasteiger partial charge on any atom is 0.193 e. The molecule has 1 heterocycles. The number of rotatable bonds is 3. The van der Waals surface area contributed by atoms with Crippen LogP contribution in [0.15, 0.2) is 176 Å². The quantitative estimate of drug-likeness (QED) is 0.190. The van der Waals surface area contributed by atoms with Gasteiger partial charge in [0, 0.05) is 5.56 Å². The molecule has 12 rings (SSSR count). The Bertz CT molecular complexity index is 2750. The minimum Gasteiger partial charge on any atom is -0.377 e. The molecule has 4 heteroatoms. The second-order valence-corrected chi connectivity index (χ2v) is 15.8. The van der Waals surface area contributed by atoms with E-state index in [1.165, 1.54) is 0 Å². The molecule has 56 heavy (non-hydrogen) atoms. The first kappa shape index (κ1) is 32.1. The monoisotopic (exact) mass is 724 g/mol. The molecule has 9 aromatic carbocycles. The smallest absolute Gasteiger partial charge is 0.193 e. The Morgan fingerprint density at radius 3 is 0.964 bits per heavy atom. The maximum absolute atomic E-state index is 14.1. The molecule has 268 valence electrons. The van der Waals surface area contributed by atoms with Crippen LogP contribution in [-0.2, 0) is 26.5 Å². The van der Waals surface area contributed by atoms with Crippen molar-refractivity contribution >= 4 is 43.1 Å². The first-order chi connectivity index (χ1) is 27.4. The van der Waals surface area contributed by atoms with E-state index in [-0.39, 0.29) is 0 Å². The van der Waals surface area contributed by atoms with Gasteiger partial charge in [-0.3, -0.25) is 0 Å². The number of fused-ring (bicyclic) bond motifs is 14. The van der Waals surface area contributed by atoms with Gasteiger partial charge in [-0.25, -0.2) is 0 Å². The zero-order valence-corrected chi connectivity index (χ0v) is 30.6. The van der Waals surface area contributed by atoms with Crippen LogP contribution in [0, 0.1) is 0 Å². The van der Waals surface area contributed by atoms with E-state index in [2.05, 4.69) is 97.1 Å². The van der Waals surface area contributed by atoms with Crippen molar-refractivity contribution in [2.24, 2.45) is 0 Å². The van der Waals surface area contributed by atoms with Crippen LogP contribution in [-0.4, -0.2) is 22.4 Å². The summed E-state index contributed by atoms with van der Waals surface area (Å²) < 4.78 is 14.6. The van der Waals surface area contributed by atoms with Crippen LogP contribution in [0.2, 0.25) is 0 Å². The largest absolute Gasteiger partial charge is 0.377 e. The molecule has 2 atom stereocenters. The van der Waals surface area contributed by atoms with Gasteiger partial charge in [0.25, 0.3) is 0 Å². The van der Waals surface area contributed by atoms with Crippen LogP contribution in [0.1, 0.15) is 34.7 Å². The van der Waals surface area contributed by atoms with E-state index in [9.17, 15) is 10.2 Å². The highest BCUT2D eigenvalue weighted by Crippen LogP contribution is 2.63. The van der Waals surface area contributed by atoms with Gasteiger partial charge in [0.05, 0.1) is 0 Å². The van der Waals surface area contributed by atoms with Crippen LogP contribution in [0.4, 0.5) is 0 Å². The fourth-order valence-electron chi connectivity index (χ4n) is 10.5. The van der Waals surface area contributed by atoms with Gasteiger partial charge in [-0.05, 0) is 94.5 Å². The summed E-state index contributed by atoms with van der Waals surface area (Å²) in [5.74, 6) is -1.32. The number of hydrogen-bond donors (Lipinski definition) is 2. The topological polar surface area (TPSA) is 58.9 Å². The van der Waals surface area contributed by atoms with E-state index in [0.29, 0.717) is 0 Å². The molecule has 1 saturated heterocycles. The highest BCUT2D eigenvalue weighted by atomic mass is 16.8. The van der Waals surface area contributed by atoms with Gasteiger partial charge < -0.3 is 19.7 Å². The zero-order chi connectivity index (χ0) is 37.4. The van der Waals surface area contributed by atoms with E-state index in [1.807, 2.05) is 85.8 Å². The Labute approximate surface area is 323 Å². The molecule has 0 spiro atoms. The minimum absolute atomic E-state index is 0.734. The molecule has 2 aliphatic carbocycles. The second-order valence-electron chi connectivity index (χ2n) is 15.8. The van der Waals surface area contributed by atoms with Crippen molar-refractivity contribution < 1.29 is 19.7 Å². The molecule has 2 N–H and O–H groups in total. The summed E-state index contributed by atoms with van der Waals surface area (Å²) in [5.41, 5.74) is 4.17. The third-order valence-electron chi connectivity index (χ3n) is 13.0. The fourth-order valence-corrected chi connectivity index (χ4v) is 10.5.